The van der Waals surface area contributed by atoms with E-state index in [1.807, 2.05) is 0 Å². The number of hydrogen-bond donors (Lipinski definition) is 1. The van der Waals surface area contributed by atoms with Crippen molar-refractivity contribution in [3.8, 4) is 5.75 Å². The SMILES string of the molecule is COc1ccccc1N(C)S(=O)(=O)c1ccc(C(=O)NC(C)c2ccc(F)c(F)c2)cc1. The second kappa shape index (κ2) is 9.35. The van der Waals surface area contributed by atoms with Crippen LogP contribution < -0.4 is 14.4 Å². The van der Waals surface area contributed by atoms with E-state index in [1.165, 1.54) is 44.5 Å². The maximum absolute atomic E-state index is 13.4. The largest absolute Gasteiger partial charge is 0.495 e. The van der Waals surface area contributed by atoms with Crippen LogP contribution in [0, 0.1) is 11.6 Å². The van der Waals surface area contributed by atoms with Gasteiger partial charge in [0.25, 0.3) is 15.9 Å². The summed E-state index contributed by atoms with van der Waals surface area (Å²) in [5.41, 5.74) is 0.991. The van der Waals surface area contributed by atoms with Crippen molar-refractivity contribution in [3.63, 3.8) is 0 Å². The Kier molecular flexibility index (Phi) is 6.78. The van der Waals surface area contributed by atoms with E-state index in [4.69, 9.17) is 4.74 Å². The van der Waals surface area contributed by atoms with Gasteiger partial charge in [-0.25, -0.2) is 17.2 Å². The lowest BCUT2D eigenvalue weighted by atomic mass is 10.1. The molecule has 32 heavy (non-hydrogen) atoms. The zero-order valence-electron chi connectivity index (χ0n) is 17.7. The zero-order valence-corrected chi connectivity index (χ0v) is 18.5. The van der Waals surface area contributed by atoms with Crippen molar-refractivity contribution in [2.24, 2.45) is 0 Å². The summed E-state index contributed by atoms with van der Waals surface area (Å²) in [5, 5.41) is 2.68. The third kappa shape index (κ3) is 4.72. The Morgan fingerprint density at radius 1 is 1.00 bits per heavy atom. The van der Waals surface area contributed by atoms with Gasteiger partial charge < -0.3 is 10.1 Å². The molecule has 0 aliphatic rings. The summed E-state index contributed by atoms with van der Waals surface area (Å²) in [6, 6.07) is 15.0. The first-order chi connectivity index (χ1) is 15.1. The van der Waals surface area contributed by atoms with Crippen molar-refractivity contribution in [2.45, 2.75) is 17.9 Å². The molecule has 168 valence electrons. The van der Waals surface area contributed by atoms with Crippen LogP contribution in [0.2, 0.25) is 0 Å². The Bertz CT molecular complexity index is 1230. The number of methoxy groups -OCH3 is 1. The third-order valence-corrected chi connectivity index (χ3v) is 6.78. The van der Waals surface area contributed by atoms with Crippen molar-refractivity contribution in [1.29, 1.82) is 0 Å². The molecule has 0 aliphatic heterocycles. The lowest BCUT2D eigenvalue weighted by Gasteiger charge is -2.21. The molecule has 6 nitrogen and oxygen atoms in total. The number of sulfonamides is 1. The van der Waals surface area contributed by atoms with Gasteiger partial charge in [0, 0.05) is 12.6 Å². The van der Waals surface area contributed by atoms with Crippen LogP contribution >= 0.6 is 0 Å². The first-order valence-corrected chi connectivity index (χ1v) is 11.1. The van der Waals surface area contributed by atoms with E-state index >= 15 is 0 Å². The van der Waals surface area contributed by atoms with E-state index in [0.29, 0.717) is 17.0 Å². The van der Waals surface area contributed by atoms with Crippen molar-refractivity contribution < 1.29 is 26.7 Å². The number of para-hydroxylation sites is 2. The Hall–Kier alpha value is -3.46. The molecule has 0 bridgehead atoms. The molecular formula is C23H22F2N2O4S. The molecule has 1 unspecified atom stereocenters. The Balaban J connectivity index is 1.77. The van der Waals surface area contributed by atoms with E-state index in [1.54, 1.807) is 31.2 Å². The van der Waals surface area contributed by atoms with Crippen LogP contribution in [0.1, 0.15) is 28.9 Å². The number of halogens is 2. The fraction of sp³-hybridized carbons (Fsp3) is 0.174. The number of hydrogen-bond acceptors (Lipinski definition) is 4. The number of anilines is 1. The summed E-state index contributed by atoms with van der Waals surface area (Å²) in [7, 11) is -1.03. The average Bonchev–Trinajstić information content (AvgIpc) is 2.80. The standard InChI is InChI=1S/C23H22F2N2O4S/c1-15(17-10-13-19(24)20(25)14-17)26-23(28)16-8-11-18(12-9-16)32(29,30)27(2)21-6-4-5-7-22(21)31-3/h4-15H,1-3H3,(H,26,28). The molecule has 3 rings (SSSR count). The number of carbonyl (C=O) groups excluding carboxylic acids is 1. The molecule has 9 heteroatoms. The van der Waals surface area contributed by atoms with Crippen LogP contribution in [0.3, 0.4) is 0 Å². The Labute approximate surface area is 185 Å². The molecule has 1 N–H and O–H groups in total. The van der Waals surface area contributed by atoms with Gasteiger partial charge >= 0.3 is 0 Å². The molecule has 1 atom stereocenters. The van der Waals surface area contributed by atoms with E-state index in [2.05, 4.69) is 5.32 Å². The van der Waals surface area contributed by atoms with Crippen LogP contribution in [0.15, 0.2) is 71.6 Å². The van der Waals surface area contributed by atoms with E-state index < -0.39 is 33.6 Å². The molecule has 0 saturated heterocycles. The van der Waals surface area contributed by atoms with Crippen LogP contribution in [0.25, 0.3) is 0 Å². The smallest absolute Gasteiger partial charge is 0.264 e. The number of rotatable bonds is 7. The summed E-state index contributed by atoms with van der Waals surface area (Å²) in [5.74, 6) is -2.05. The quantitative estimate of drug-likeness (QED) is 0.571. The zero-order chi connectivity index (χ0) is 23.5. The van der Waals surface area contributed by atoms with E-state index in [-0.39, 0.29) is 10.5 Å². The lowest BCUT2D eigenvalue weighted by Crippen LogP contribution is -2.28. The maximum atomic E-state index is 13.4. The van der Waals surface area contributed by atoms with Crippen LogP contribution in [0.5, 0.6) is 5.75 Å². The Morgan fingerprint density at radius 3 is 2.28 bits per heavy atom. The summed E-state index contributed by atoms with van der Waals surface area (Å²) >= 11 is 0. The Morgan fingerprint density at radius 2 is 1.66 bits per heavy atom. The lowest BCUT2D eigenvalue weighted by molar-refractivity contribution is 0.0939. The maximum Gasteiger partial charge on any atom is 0.264 e. The van der Waals surface area contributed by atoms with Crippen LogP contribution in [-0.4, -0.2) is 28.5 Å². The van der Waals surface area contributed by atoms with E-state index in [0.717, 1.165) is 16.4 Å². The molecule has 0 aliphatic carbocycles. The number of nitrogens with one attached hydrogen (secondary N) is 1. The van der Waals surface area contributed by atoms with Gasteiger partial charge in [-0.3, -0.25) is 9.10 Å². The van der Waals surface area contributed by atoms with Gasteiger partial charge in [-0.1, -0.05) is 18.2 Å². The van der Waals surface area contributed by atoms with Gasteiger partial charge in [0.05, 0.1) is 23.7 Å². The summed E-state index contributed by atoms with van der Waals surface area (Å²) in [6.07, 6.45) is 0. The van der Waals surface area contributed by atoms with Crippen molar-refractivity contribution in [3.05, 3.63) is 89.5 Å². The molecule has 0 saturated carbocycles. The number of ether oxygens (including phenoxy) is 1. The van der Waals surface area contributed by atoms with Gasteiger partial charge in [-0.2, -0.15) is 0 Å². The molecular weight excluding hydrogens is 438 g/mol. The van der Waals surface area contributed by atoms with Crippen LogP contribution in [-0.2, 0) is 10.0 Å². The highest BCUT2D eigenvalue weighted by Gasteiger charge is 2.24. The predicted octanol–water partition coefficient (Wildman–Crippen LogP) is 4.29. The minimum Gasteiger partial charge on any atom is -0.495 e. The monoisotopic (exact) mass is 460 g/mol. The molecule has 0 heterocycles. The minimum atomic E-state index is -3.90. The highest BCUT2D eigenvalue weighted by Crippen LogP contribution is 2.31. The number of nitrogens with zero attached hydrogens (tertiary/aromatic N) is 1. The molecule has 1 amide bonds. The fourth-order valence-electron chi connectivity index (χ4n) is 3.10. The van der Waals surface area contributed by atoms with Gasteiger partial charge in [-0.15, -0.1) is 0 Å². The predicted molar refractivity (Wildman–Crippen MR) is 117 cm³/mol. The van der Waals surface area contributed by atoms with E-state index in [9.17, 15) is 22.0 Å². The molecule has 0 aromatic heterocycles. The normalized spacial score (nSPS) is 12.2. The second-order valence-electron chi connectivity index (χ2n) is 7.04. The first kappa shape index (κ1) is 23.2. The topological polar surface area (TPSA) is 75.7 Å². The van der Waals surface area contributed by atoms with Crippen LogP contribution in [0.4, 0.5) is 14.5 Å². The number of benzene rings is 3. The van der Waals surface area contributed by atoms with Crippen molar-refractivity contribution in [1.82, 2.24) is 5.32 Å². The third-order valence-electron chi connectivity index (χ3n) is 4.99. The molecule has 3 aromatic carbocycles. The first-order valence-electron chi connectivity index (χ1n) is 9.63. The minimum absolute atomic E-state index is 0.00360. The molecule has 0 fully saturated rings. The molecule has 0 radical (unpaired) electrons. The molecule has 3 aromatic rings. The number of amides is 1. The van der Waals surface area contributed by atoms with Gasteiger partial charge in [-0.05, 0) is 61.0 Å². The van der Waals surface area contributed by atoms with Crippen molar-refractivity contribution in [2.75, 3.05) is 18.5 Å². The summed E-state index contributed by atoms with van der Waals surface area (Å²) in [6.45, 7) is 1.63. The van der Waals surface area contributed by atoms with Gasteiger partial charge in [0.15, 0.2) is 11.6 Å². The van der Waals surface area contributed by atoms with Gasteiger partial charge in [0.2, 0.25) is 0 Å². The second-order valence-corrected chi connectivity index (χ2v) is 9.01. The summed E-state index contributed by atoms with van der Waals surface area (Å²) in [4.78, 5) is 12.5. The fourth-order valence-corrected chi connectivity index (χ4v) is 4.31. The average molecular weight is 461 g/mol. The summed E-state index contributed by atoms with van der Waals surface area (Å²) < 4.78 is 58.9. The number of carbonyl (C=O) groups is 1. The molecule has 0 spiro atoms. The van der Waals surface area contributed by atoms with Crippen molar-refractivity contribution >= 4 is 21.6 Å². The highest BCUT2D eigenvalue weighted by molar-refractivity contribution is 7.92. The highest BCUT2D eigenvalue weighted by atomic mass is 32.2. The van der Waals surface area contributed by atoms with Gasteiger partial charge in [0.1, 0.15) is 5.75 Å².